The summed E-state index contributed by atoms with van der Waals surface area (Å²) < 4.78 is 31.4. The molecule has 0 aliphatic heterocycles. The summed E-state index contributed by atoms with van der Waals surface area (Å²) >= 11 is 1.26. The van der Waals surface area contributed by atoms with Gasteiger partial charge in [-0.25, -0.2) is 23.1 Å². The minimum Gasteiger partial charge on any atom is -0.462 e. The molecule has 0 fully saturated rings. The van der Waals surface area contributed by atoms with Gasteiger partial charge in [0.2, 0.25) is 15.9 Å². The van der Waals surface area contributed by atoms with Gasteiger partial charge < -0.3 is 10.1 Å². The maximum Gasteiger partial charge on any atom is 0.341 e. The van der Waals surface area contributed by atoms with Gasteiger partial charge in [-0.1, -0.05) is 13.8 Å². The molecular formula is C21H26N4O6S2. The molecule has 0 aliphatic carbocycles. The van der Waals surface area contributed by atoms with Crippen LogP contribution in [0.3, 0.4) is 0 Å². The number of carbonyl (C=O) groups excluding carboxylic acids is 2. The Labute approximate surface area is 195 Å². The Balaban J connectivity index is 2.00. The van der Waals surface area contributed by atoms with Gasteiger partial charge in [-0.2, -0.15) is 0 Å². The van der Waals surface area contributed by atoms with E-state index >= 15 is 0 Å². The molecule has 3 N–H and O–H groups in total. The number of aryl methyl sites for hydroxylation is 2. The number of primary sulfonamides is 1. The topological polar surface area (TPSA) is 142 Å². The number of hydrogen-bond donors (Lipinski definition) is 2. The Hall–Kier alpha value is -2.96. The molecule has 0 atom stereocenters. The normalized spacial score (nSPS) is 11.6. The summed E-state index contributed by atoms with van der Waals surface area (Å²) in [6, 6.07) is 5.80. The zero-order valence-corrected chi connectivity index (χ0v) is 20.2. The number of thiophene rings is 1. The first-order chi connectivity index (χ1) is 15.6. The molecule has 33 heavy (non-hydrogen) atoms. The lowest BCUT2D eigenvalue weighted by atomic mass is 10.2. The number of nitrogens with one attached hydrogen (secondary N) is 1. The smallest absolute Gasteiger partial charge is 0.341 e. The maximum absolute atomic E-state index is 13.0. The molecule has 0 bridgehead atoms. The highest BCUT2D eigenvalue weighted by Gasteiger charge is 2.21. The van der Waals surface area contributed by atoms with Crippen LogP contribution in [0.25, 0.3) is 11.0 Å². The highest BCUT2D eigenvalue weighted by atomic mass is 32.2. The largest absolute Gasteiger partial charge is 0.462 e. The van der Waals surface area contributed by atoms with Crippen LogP contribution in [0.2, 0.25) is 0 Å². The van der Waals surface area contributed by atoms with Gasteiger partial charge >= 0.3 is 11.7 Å². The quantitative estimate of drug-likeness (QED) is 0.437. The Morgan fingerprint density at radius 1 is 1.12 bits per heavy atom. The minimum atomic E-state index is -4.00. The lowest BCUT2D eigenvalue weighted by molar-refractivity contribution is -0.116. The van der Waals surface area contributed by atoms with Gasteiger partial charge in [0, 0.05) is 11.4 Å². The lowest BCUT2D eigenvalue weighted by Gasteiger charge is -2.07. The summed E-state index contributed by atoms with van der Waals surface area (Å²) in [5.74, 6) is -1.08. The molecule has 3 rings (SSSR count). The molecule has 0 aliphatic rings. The first kappa shape index (κ1) is 24.7. The van der Waals surface area contributed by atoms with Crippen LogP contribution in [0, 0.1) is 0 Å². The van der Waals surface area contributed by atoms with E-state index < -0.39 is 27.6 Å². The fourth-order valence-electron chi connectivity index (χ4n) is 3.45. The summed E-state index contributed by atoms with van der Waals surface area (Å²) in [4.78, 5) is 38.9. The molecule has 2 heterocycles. The number of amides is 1. The second-order valence-electron chi connectivity index (χ2n) is 7.29. The Morgan fingerprint density at radius 3 is 2.45 bits per heavy atom. The van der Waals surface area contributed by atoms with Crippen LogP contribution in [0.4, 0.5) is 5.00 Å². The summed E-state index contributed by atoms with van der Waals surface area (Å²) in [6.07, 6.45) is 1.34. The van der Waals surface area contributed by atoms with E-state index in [0.29, 0.717) is 29.9 Å². The van der Waals surface area contributed by atoms with Crippen molar-refractivity contribution in [2.75, 3.05) is 11.9 Å². The number of benzene rings is 1. The van der Waals surface area contributed by atoms with Crippen molar-refractivity contribution in [1.29, 1.82) is 0 Å². The zero-order chi connectivity index (χ0) is 24.3. The third-order valence-corrected chi connectivity index (χ3v) is 7.05. The predicted molar refractivity (Wildman–Crippen MR) is 126 cm³/mol. The molecule has 0 unspecified atom stereocenters. The van der Waals surface area contributed by atoms with Gasteiger partial charge in [-0.3, -0.25) is 13.9 Å². The molecule has 1 amide bonds. The van der Waals surface area contributed by atoms with E-state index in [1.165, 1.54) is 38.7 Å². The number of anilines is 1. The zero-order valence-electron chi connectivity index (χ0n) is 18.6. The van der Waals surface area contributed by atoms with Crippen LogP contribution >= 0.6 is 11.3 Å². The average Bonchev–Trinajstić information content (AvgIpc) is 3.27. The van der Waals surface area contributed by atoms with Gasteiger partial charge in [0.15, 0.2) is 0 Å². The maximum atomic E-state index is 13.0. The van der Waals surface area contributed by atoms with E-state index in [0.717, 1.165) is 4.88 Å². The van der Waals surface area contributed by atoms with Gasteiger partial charge in [0.25, 0.3) is 0 Å². The molecule has 0 saturated heterocycles. The number of carbonyl (C=O) groups is 2. The number of nitrogens with two attached hydrogens (primary N) is 1. The van der Waals surface area contributed by atoms with E-state index in [2.05, 4.69) is 5.32 Å². The molecule has 10 nitrogen and oxygen atoms in total. The number of fused-ring (bicyclic) bond motifs is 1. The Bertz CT molecular complexity index is 1370. The van der Waals surface area contributed by atoms with E-state index in [-0.39, 0.29) is 29.1 Å². The van der Waals surface area contributed by atoms with E-state index in [4.69, 9.17) is 9.88 Å². The third kappa shape index (κ3) is 5.18. The number of hydrogen-bond acceptors (Lipinski definition) is 7. The number of rotatable bonds is 9. The molecular weight excluding hydrogens is 468 g/mol. The van der Waals surface area contributed by atoms with Gasteiger partial charge in [0.1, 0.15) is 11.5 Å². The monoisotopic (exact) mass is 494 g/mol. The van der Waals surface area contributed by atoms with Crippen LogP contribution in [0.5, 0.6) is 0 Å². The summed E-state index contributed by atoms with van der Waals surface area (Å²) in [7, 11) is -4.00. The second kappa shape index (κ2) is 9.89. The van der Waals surface area contributed by atoms with Crippen molar-refractivity contribution in [3.63, 3.8) is 0 Å². The number of aromatic nitrogens is 2. The fraction of sp³-hybridized carbons (Fsp3) is 0.381. The number of nitrogens with zero attached hydrogens (tertiary/aromatic N) is 2. The third-order valence-electron chi connectivity index (χ3n) is 4.95. The molecule has 1 aromatic carbocycles. The number of sulfonamides is 1. The molecule has 3 aromatic rings. The van der Waals surface area contributed by atoms with Crippen molar-refractivity contribution in [1.82, 2.24) is 9.13 Å². The van der Waals surface area contributed by atoms with Gasteiger partial charge in [0.05, 0.1) is 28.1 Å². The van der Waals surface area contributed by atoms with Crippen LogP contribution in [-0.4, -0.2) is 36.0 Å². The summed E-state index contributed by atoms with van der Waals surface area (Å²) in [6.45, 7) is 5.75. The molecule has 0 spiro atoms. The molecule has 0 saturated carbocycles. The average molecular weight is 495 g/mol. The second-order valence-corrected chi connectivity index (χ2v) is 9.99. The van der Waals surface area contributed by atoms with Crippen LogP contribution < -0.4 is 16.1 Å². The van der Waals surface area contributed by atoms with Crippen LogP contribution in [0.1, 0.15) is 42.4 Å². The van der Waals surface area contributed by atoms with Crippen LogP contribution in [-0.2, 0) is 39.1 Å². The summed E-state index contributed by atoms with van der Waals surface area (Å²) in [5, 5.41) is 8.28. The van der Waals surface area contributed by atoms with Crippen LogP contribution in [0.15, 0.2) is 34.0 Å². The van der Waals surface area contributed by atoms with Crippen molar-refractivity contribution >= 4 is 49.3 Å². The standard InChI is InChI=1S/C21H26N4O6S2/c1-4-9-24-16-8-7-14(33(22,29)30)11-17(16)25(21(24)28)12-18(26)23-19-15(20(27)31-6-3)10-13(5-2)32-19/h7-8,10-11H,4-6,9,12H2,1-3H3,(H,23,26)(H2,22,29,30). The number of ether oxygens (including phenoxy) is 1. The molecule has 12 heteroatoms. The predicted octanol–water partition coefficient (Wildman–Crippen LogP) is 2.30. The first-order valence-corrected chi connectivity index (χ1v) is 12.8. The number of imidazole rings is 1. The lowest BCUT2D eigenvalue weighted by Crippen LogP contribution is -2.29. The molecule has 178 valence electrons. The minimum absolute atomic E-state index is 0.159. The van der Waals surface area contributed by atoms with Gasteiger partial charge in [-0.15, -0.1) is 11.3 Å². The fourth-order valence-corrected chi connectivity index (χ4v) is 4.98. The highest BCUT2D eigenvalue weighted by Crippen LogP contribution is 2.29. The van der Waals surface area contributed by atoms with Crippen molar-refractivity contribution in [2.24, 2.45) is 5.14 Å². The van der Waals surface area contributed by atoms with Crippen molar-refractivity contribution in [3.8, 4) is 0 Å². The highest BCUT2D eigenvalue weighted by molar-refractivity contribution is 7.89. The number of esters is 1. The van der Waals surface area contributed by atoms with Gasteiger partial charge in [-0.05, 0) is 44.0 Å². The SMILES string of the molecule is CCCn1c(=O)n(CC(=O)Nc2sc(CC)cc2C(=O)OCC)c2cc(S(N)(=O)=O)ccc21. The summed E-state index contributed by atoms with van der Waals surface area (Å²) in [5.41, 5.74) is 0.587. The van der Waals surface area contributed by atoms with Crippen molar-refractivity contribution in [2.45, 2.75) is 51.6 Å². The Kier molecular flexibility index (Phi) is 7.40. The Morgan fingerprint density at radius 2 is 1.85 bits per heavy atom. The van der Waals surface area contributed by atoms with Crippen molar-refractivity contribution < 1.29 is 22.7 Å². The van der Waals surface area contributed by atoms with Crippen molar-refractivity contribution in [3.05, 3.63) is 45.2 Å². The van der Waals surface area contributed by atoms with E-state index in [1.54, 1.807) is 13.0 Å². The van der Waals surface area contributed by atoms with E-state index in [9.17, 15) is 22.8 Å². The van der Waals surface area contributed by atoms with E-state index in [1.807, 2.05) is 13.8 Å². The molecule has 2 aromatic heterocycles. The molecule has 0 radical (unpaired) electrons. The first-order valence-electron chi connectivity index (χ1n) is 10.5.